The van der Waals surface area contributed by atoms with Gasteiger partial charge in [-0.3, -0.25) is 4.79 Å². The fraction of sp³-hybridized carbons (Fsp3) is 0.304. The van der Waals surface area contributed by atoms with Gasteiger partial charge in [0.25, 0.3) is 5.91 Å². The van der Waals surface area contributed by atoms with Crippen molar-refractivity contribution in [3.63, 3.8) is 0 Å². The number of carbonyl (C=O) groups excluding carboxylic acids is 1. The number of methoxy groups -OCH3 is 2. The number of hydrogen-bond acceptors (Lipinski definition) is 5. The van der Waals surface area contributed by atoms with Crippen LogP contribution >= 0.6 is 0 Å². The highest BCUT2D eigenvalue weighted by atomic mass is 16.5. The Labute approximate surface area is 170 Å². The lowest BCUT2D eigenvalue weighted by Crippen LogP contribution is -2.26. The van der Waals surface area contributed by atoms with Crippen molar-refractivity contribution in [3.8, 4) is 22.8 Å². The number of nitrogens with zero attached hydrogens (tertiary/aromatic N) is 1. The molecule has 0 fully saturated rings. The summed E-state index contributed by atoms with van der Waals surface area (Å²) in [5.41, 5.74) is 5.89. The molecule has 3 rings (SSSR count). The SMILES string of the molecule is COc1ccc(OC)c(-c2cc(C(=O)NCCc3c(C)cc(C)cc3C)no2)c1. The van der Waals surface area contributed by atoms with E-state index in [1.165, 1.54) is 22.3 Å². The van der Waals surface area contributed by atoms with Crippen LogP contribution in [0.4, 0.5) is 0 Å². The molecule has 0 aliphatic carbocycles. The molecule has 1 N–H and O–H groups in total. The molecule has 6 nitrogen and oxygen atoms in total. The van der Waals surface area contributed by atoms with Gasteiger partial charge in [0.05, 0.1) is 19.8 Å². The minimum absolute atomic E-state index is 0.224. The summed E-state index contributed by atoms with van der Waals surface area (Å²) < 4.78 is 16.0. The number of nitrogens with one attached hydrogen (secondary N) is 1. The van der Waals surface area contributed by atoms with Crippen molar-refractivity contribution in [1.29, 1.82) is 0 Å². The van der Waals surface area contributed by atoms with Gasteiger partial charge in [-0.2, -0.15) is 0 Å². The molecule has 1 aromatic heterocycles. The van der Waals surface area contributed by atoms with E-state index in [-0.39, 0.29) is 11.6 Å². The topological polar surface area (TPSA) is 73.6 Å². The first-order valence-electron chi connectivity index (χ1n) is 9.47. The highest BCUT2D eigenvalue weighted by Crippen LogP contribution is 2.33. The number of benzene rings is 2. The lowest BCUT2D eigenvalue weighted by molar-refractivity contribution is 0.0945. The molecule has 0 aliphatic rings. The zero-order valence-corrected chi connectivity index (χ0v) is 17.5. The maximum atomic E-state index is 12.5. The lowest BCUT2D eigenvalue weighted by atomic mass is 9.97. The largest absolute Gasteiger partial charge is 0.497 e. The van der Waals surface area contributed by atoms with E-state index in [1.54, 1.807) is 38.5 Å². The summed E-state index contributed by atoms with van der Waals surface area (Å²) in [4.78, 5) is 12.5. The van der Waals surface area contributed by atoms with Crippen LogP contribution in [0, 0.1) is 20.8 Å². The quantitative estimate of drug-likeness (QED) is 0.648. The van der Waals surface area contributed by atoms with Crippen LogP contribution in [0.25, 0.3) is 11.3 Å². The molecule has 152 valence electrons. The molecule has 29 heavy (non-hydrogen) atoms. The van der Waals surface area contributed by atoms with Crippen LogP contribution in [0.2, 0.25) is 0 Å². The van der Waals surface area contributed by atoms with Crippen molar-refractivity contribution in [3.05, 3.63) is 64.3 Å². The molecule has 0 radical (unpaired) electrons. The van der Waals surface area contributed by atoms with Crippen molar-refractivity contribution in [2.45, 2.75) is 27.2 Å². The average molecular weight is 394 g/mol. The summed E-state index contributed by atoms with van der Waals surface area (Å²) in [7, 11) is 3.16. The van der Waals surface area contributed by atoms with E-state index in [0.29, 0.717) is 29.4 Å². The summed E-state index contributed by atoms with van der Waals surface area (Å²) in [6.45, 7) is 6.81. The Morgan fingerprint density at radius 2 is 1.76 bits per heavy atom. The van der Waals surface area contributed by atoms with E-state index in [0.717, 1.165) is 6.42 Å². The Kier molecular flexibility index (Phi) is 6.22. The Balaban J connectivity index is 1.69. The van der Waals surface area contributed by atoms with E-state index in [9.17, 15) is 4.79 Å². The predicted octanol–water partition coefficient (Wildman–Crippen LogP) is 4.26. The van der Waals surface area contributed by atoms with Crippen molar-refractivity contribution < 1.29 is 18.8 Å². The van der Waals surface area contributed by atoms with Gasteiger partial charge >= 0.3 is 0 Å². The number of amides is 1. The molecular weight excluding hydrogens is 368 g/mol. The number of ether oxygens (including phenoxy) is 2. The van der Waals surface area contributed by atoms with Crippen LogP contribution in [-0.2, 0) is 6.42 Å². The fourth-order valence-electron chi connectivity index (χ4n) is 3.51. The van der Waals surface area contributed by atoms with E-state index >= 15 is 0 Å². The molecule has 0 saturated carbocycles. The number of aryl methyl sites for hydroxylation is 3. The zero-order valence-electron chi connectivity index (χ0n) is 17.5. The van der Waals surface area contributed by atoms with Crippen LogP contribution in [-0.4, -0.2) is 31.8 Å². The second kappa shape index (κ2) is 8.82. The third-order valence-electron chi connectivity index (χ3n) is 4.92. The maximum absolute atomic E-state index is 12.5. The molecule has 6 heteroatoms. The second-order valence-corrected chi connectivity index (χ2v) is 7.03. The molecule has 2 aromatic carbocycles. The van der Waals surface area contributed by atoms with Crippen LogP contribution in [0.15, 0.2) is 40.9 Å². The van der Waals surface area contributed by atoms with Crippen LogP contribution in [0.1, 0.15) is 32.7 Å². The molecular formula is C23H26N2O4. The molecule has 1 heterocycles. The van der Waals surface area contributed by atoms with Crippen molar-refractivity contribution >= 4 is 5.91 Å². The van der Waals surface area contributed by atoms with Gasteiger partial charge in [0.1, 0.15) is 11.5 Å². The molecule has 0 spiro atoms. The number of aromatic nitrogens is 1. The van der Waals surface area contributed by atoms with Crippen LogP contribution in [0.3, 0.4) is 0 Å². The first kappa shape index (κ1) is 20.5. The van der Waals surface area contributed by atoms with Crippen LogP contribution < -0.4 is 14.8 Å². The van der Waals surface area contributed by atoms with Crippen molar-refractivity contribution in [1.82, 2.24) is 10.5 Å². The Morgan fingerprint density at radius 1 is 1.03 bits per heavy atom. The van der Waals surface area contributed by atoms with Gasteiger partial charge in [-0.15, -0.1) is 0 Å². The number of hydrogen-bond donors (Lipinski definition) is 1. The minimum Gasteiger partial charge on any atom is -0.497 e. The van der Waals surface area contributed by atoms with E-state index in [2.05, 4.69) is 43.4 Å². The minimum atomic E-state index is -0.274. The highest BCUT2D eigenvalue weighted by molar-refractivity contribution is 5.93. The number of carbonyl (C=O) groups is 1. The molecule has 0 bridgehead atoms. The van der Waals surface area contributed by atoms with Gasteiger partial charge in [-0.25, -0.2) is 0 Å². The van der Waals surface area contributed by atoms with E-state index in [4.69, 9.17) is 14.0 Å². The molecule has 1 amide bonds. The maximum Gasteiger partial charge on any atom is 0.273 e. The van der Waals surface area contributed by atoms with Gasteiger partial charge in [-0.05, 0) is 62.1 Å². The van der Waals surface area contributed by atoms with Gasteiger partial charge in [0.2, 0.25) is 0 Å². The molecule has 0 atom stereocenters. The number of rotatable bonds is 7. The monoisotopic (exact) mass is 394 g/mol. The van der Waals surface area contributed by atoms with Crippen molar-refractivity contribution in [2.24, 2.45) is 0 Å². The summed E-state index contributed by atoms with van der Waals surface area (Å²) >= 11 is 0. The van der Waals surface area contributed by atoms with Crippen LogP contribution in [0.5, 0.6) is 11.5 Å². The predicted molar refractivity (Wildman–Crippen MR) is 112 cm³/mol. The van der Waals surface area contributed by atoms with Crippen molar-refractivity contribution in [2.75, 3.05) is 20.8 Å². The normalized spacial score (nSPS) is 10.7. The molecule has 0 unspecified atom stereocenters. The van der Waals surface area contributed by atoms with E-state index < -0.39 is 0 Å². The fourth-order valence-corrected chi connectivity index (χ4v) is 3.51. The zero-order chi connectivity index (χ0) is 21.0. The highest BCUT2D eigenvalue weighted by Gasteiger charge is 2.17. The van der Waals surface area contributed by atoms with Gasteiger partial charge in [0, 0.05) is 12.6 Å². The standard InChI is InChI=1S/C23H26N2O4/c1-14-10-15(2)18(16(3)11-14)8-9-24-23(26)20-13-22(29-25-20)19-12-17(27-4)6-7-21(19)28-5/h6-7,10-13H,8-9H2,1-5H3,(H,24,26). The smallest absolute Gasteiger partial charge is 0.273 e. The molecule has 0 saturated heterocycles. The summed E-state index contributed by atoms with van der Waals surface area (Å²) in [6, 6.07) is 11.3. The first-order chi connectivity index (χ1) is 13.9. The lowest BCUT2D eigenvalue weighted by Gasteiger charge is -2.11. The van der Waals surface area contributed by atoms with E-state index in [1.807, 2.05) is 0 Å². The third kappa shape index (κ3) is 4.59. The third-order valence-corrected chi connectivity index (χ3v) is 4.92. The first-order valence-corrected chi connectivity index (χ1v) is 9.47. The summed E-state index contributed by atoms with van der Waals surface area (Å²) in [5.74, 6) is 1.44. The second-order valence-electron chi connectivity index (χ2n) is 7.03. The molecule has 0 aliphatic heterocycles. The molecule has 3 aromatic rings. The Hall–Kier alpha value is -3.28. The summed E-state index contributed by atoms with van der Waals surface area (Å²) in [6.07, 6.45) is 0.762. The van der Waals surface area contributed by atoms with Gasteiger partial charge in [0.15, 0.2) is 11.5 Å². The Bertz CT molecular complexity index is 1000. The summed E-state index contributed by atoms with van der Waals surface area (Å²) in [5, 5.41) is 6.83. The van der Waals surface area contributed by atoms with Gasteiger partial charge in [-0.1, -0.05) is 22.9 Å². The Morgan fingerprint density at radius 3 is 2.41 bits per heavy atom. The average Bonchev–Trinajstić information content (AvgIpc) is 3.19. The van der Waals surface area contributed by atoms with Gasteiger partial charge < -0.3 is 19.3 Å².